The van der Waals surface area contributed by atoms with Gasteiger partial charge in [-0.2, -0.15) is 0 Å². The molecule has 1 heterocycles. The first-order valence-electron chi connectivity index (χ1n) is 11.6. The maximum absolute atomic E-state index is 13.6. The lowest BCUT2D eigenvalue weighted by molar-refractivity contribution is -0.133. The molecule has 0 aliphatic heterocycles. The third-order valence-electron chi connectivity index (χ3n) is 6.16. The Balaban J connectivity index is 1.57. The molecule has 0 saturated carbocycles. The van der Waals surface area contributed by atoms with Crippen LogP contribution in [0.25, 0.3) is 10.8 Å². The number of amides is 2. The summed E-state index contributed by atoms with van der Waals surface area (Å²) in [5.74, 6) is -0.208. The summed E-state index contributed by atoms with van der Waals surface area (Å²) < 4.78 is 2.02. The maximum Gasteiger partial charge on any atom is 0.254 e. The molecule has 174 valence electrons. The fourth-order valence-electron chi connectivity index (χ4n) is 4.12. The summed E-state index contributed by atoms with van der Waals surface area (Å²) in [7, 11) is 1.98. The first-order chi connectivity index (χ1) is 16.4. The Kier molecular flexibility index (Phi) is 7.12. The number of hydrogen-bond acceptors (Lipinski definition) is 2. The predicted octanol–water partition coefficient (Wildman–Crippen LogP) is 5.26. The second-order valence-electron chi connectivity index (χ2n) is 8.93. The third kappa shape index (κ3) is 5.37. The van der Waals surface area contributed by atoms with Crippen molar-refractivity contribution in [2.45, 2.75) is 33.0 Å². The van der Waals surface area contributed by atoms with Gasteiger partial charge in [-0.1, -0.05) is 60.7 Å². The van der Waals surface area contributed by atoms with Crippen molar-refractivity contribution in [1.82, 2.24) is 14.4 Å². The van der Waals surface area contributed by atoms with Crippen LogP contribution in [-0.2, 0) is 24.9 Å². The third-order valence-corrected chi connectivity index (χ3v) is 6.16. The molecule has 0 aliphatic carbocycles. The van der Waals surface area contributed by atoms with Crippen molar-refractivity contribution in [3.8, 4) is 0 Å². The molecule has 3 aromatic carbocycles. The zero-order valence-corrected chi connectivity index (χ0v) is 20.0. The Morgan fingerprint density at radius 3 is 2.21 bits per heavy atom. The van der Waals surface area contributed by atoms with E-state index in [0.29, 0.717) is 18.7 Å². The number of carbonyl (C=O) groups excluding carboxylic acids is 2. The van der Waals surface area contributed by atoms with E-state index >= 15 is 0 Å². The molecule has 0 unspecified atom stereocenters. The van der Waals surface area contributed by atoms with E-state index in [2.05, 4.69) is 0 Å². The van der Waals surface area contributed by atoms with Crippen LogP contribution in [0.5, 0.6) is 0 Å². The van der Waals surface area contributed by atoms with E-state index < -0.39 is 0 Å². The Hall–Kier alpha value is -3.86. The van der Waals surface area contributed by atoms with Gasteiger partial charge in [-0.3, -0.25) is 9.59 Å². The molecule has 5 nitrogen and oxygen atoms in total. The topological polar surface area (TPSA) is 45.6 Å². The summed E-state index contributed by atoms with van der Waals surface area (Å²) in [4.78, 5) is 30.5. The maximum atomic E-state index is 13.6. The molecule has 34 heavy (non-hydrogen) atoms. The molecule has 2 amide bonds. The molecule has 0 fully saturated rings. The fourth-order valence-corrected chi connectivity index (χ4v) is 4.12. The van der Waals surface area contributed by atoms with Crippen LogP contribution in [0.3, 0.4) is 0 Å². The predicted molar refractivity (Wildman–Crippen MR) is 136 cm³/mol. The minimum absolute atomic E-state index is 0.0284. The first-order valence-corrected chi connectivity index (χ1v) is 11.6. The van der Waals surface area contributed by atoms with Crippen molar-refractivity contribution in [2.75, 3.05) is 6.54 Å². The van der Waals surface area contributed by atoms with Gasteiger partial charge in [0, 0.05) is 37.1 Å². The van der Waals surface area contributed by atoms with Gasteiger partial charge in [0.15, 0.2) is 0 Å². The van der Waals surface area contributed by atoms with Gasteiger partial charge in [-0.15, -0.1) is 0 Å². The van der Waals surface area contributed by atoms with Crippen LogP contribution < -0.4 is 0 Å². The zero-order chi connectivity index (χ0) is 24.1. The van der Waals surface area contributed by atoms with Gasteiger partial charge < -0.3 is 14.4 Å². The molecule has 0 spiro atoms. The van der Waals surface area contributed by atoms with Gasteiger partial charge >= 0.3 is 0 Å². The van der Waals surface area contributed by atoms with E-state index in [0.717, 1.165) is 22.0 Å². The molecule has 0 N–H and O–H groups in total. The summed E-state index contributed by atoms with van der Waals surface area (Å²) >= 11 is 0. The highest BCUT2D eigenvalue weighted by atomic mass is 16.2. The lowest BCUT2D eigenvalue weighted by Gasteiger charge is -2.30. The molecular weight excluding hydrogens is 422 g/mol. The second-order valence-corrected chi connectivity index (χ2v) is 8.93. The number of carbonyl (C=O) groups is 2. The van der Waals surface area contributed by atoms with Gasteiger partial charge in [0.25, 0.3) is 5.91 Å². The summed E-state index contributed by atoms with van der Waals surface area (Å²) in [6, 6.07) is 27.5. The number of fused-ring (bicyclic) bond motifs is 1. The van der Waals surface area contributed by atoms with Crippen LogP contribution in [-0.4, -0.2) is 38.8 Å². The molecule has 4 rings (SSSR count). The molecule has 0 bridgehead atoms. The minimum atomic E-state index is -0.132. The summed E-state index contributed by atoms with van der Waals surface area (Å²) in [5, 5.41) is 2.10. The highest BCUT2D eigenvalue weighted by molar-refractivity contribution is 6.00. The lowest BCUT2D eigenvalue weighted by Crippen LogP contribution is -2.45. The average molecular weight is 454 g/mol. The second kappa shape index (κ2) is 10.4. The molecule has 5 heteroatoms. The summed E-state index contributed by atoms with van der Waals surface area (Å²) in [6.07, 6.45) is 1.98. The Labute approximate surface area is 201 Å². The monoisotopic (exact) mass is 453 g/mol. The summed E-state index contributed by atoms with van der Waals surface area (Å²) in [5.41, 5.74) is 2.69. The minimum Gasteiger partial charge on any atom is -0.353 e. The molecule has 0 aliphatic rings. The highest BCUT2D eigenvalue weighted by Gasteiger charge is 2.25. The van der Waals surface area contributed by atoms with Crippen molar-refractivity contribution in [1.29, 1.82) is 0 Å². The largest absolute Gasteiger partial charge is 0.353 e. The Morgan fingerprint density at radius 1 is 0.824 bits per heavy atom. The van der Waals surface area contributed by atoms with E-state index in [9.17, 15) is 9.59 Å². The van der Waals surface area contributed by atoms with Gasteiger partial charge in [0.05, 0.1) is 6.54 Å². The smallest absolute Gasteiger partial charge is 0.254 e. The average Bonchev–Trinajstić information content (AvgIpc) is 3.25. The molecular formula is C29H31N3O2. The fraction of sp³-hybridized carbons (Fsp3) is 0.241. The number of benzene rings is 3. The Bertz CT molecular complexity index is 1280. The van der Waals surface area contributed by atoms with Crippen LogP contribution in [0.4, 0.5) is 0 Å². The SMILES string of the molecule is CC(C)N(CC(=O)N(Cc1ccccc1)Cc1cccn1C)C(=O)c1ccc2ccccc2c1. The van der Waals surface area contributed by atoms with Crippen molar-refractivity contribution in [2.24, 2.45) is 7.05 Å². The van der Waals surface area contributed by atoms with Gasteiger partial charge in [0.1, 0.15) is 6.54 Å². The van der Waals surface area contributed by atoms with Crippen molar-refractivity contribution in [3.05, 3.63) is 108 Å². The number of rotatable bonds is 8. The van der Waals surface area contributed by atoms with Crippen LogP contribution in [0, 0.1) is 0 Å². The van der Waals surface area contributed by atoms with Crippen molar-refractivity contribution in [3.63, 3.8) is 0 Å². The van der Waals surface area contributed by atoms with Gasteiger partial charge in [0.2, 0.25) is 5.91 Å². The van der Waals surface area contributed by atoms with E-state index in [4.69, 9.17) is 0 Å². The van der Waals surface area contributed by atoms with Crippen molar-refractivity contribution >= 4 is 22.6 Å². The molecule has 0 atom stereocenters. The van der Waals surface area contributed by atoms with E-state index in [-0.39, 0.29) is 24.4 Å². The van der Waals surface area contributed by atoms with Crippen LogP contribution in [0.1, 0.15) is 35.5 Å². The van der Waals surface area contributed by atoms with E-state index in [1.807, 2.05) is 121 Å². The summed E-state index contributed by atoms with van der Waals surface area (Å²) in [6.45, 7) is 4.89. The molecule has 1 aromatic heterocycles. The Morgan fingerprint density at radius 2 is 1.53 bits per heavy atom. The van der Waals surface area contributed by atoms with Crippen LogP contribution >= 0.6 is 0 Å². The number of hydrogen-bond donors (Lipinski definition) is 0. The standard InChI is InChI=1S/C29H31N3O2/c1-22(2)32(29(34)26-16-15-24-12-7-8-13-25(24)18-26)21-28(33)31(19-23-10-5-4-6-11-23)20-27-14-9-17-30(27)3/h4-18,22H,19-21H2,1-3H3. The lowest BCUT2D eigenvalue weighted by atomic mass is 10.1. The van der Waals surface area contributed by atoms with E-state index in [1.54, 1.807) is 4.90 Å². The number of nitrogens with zero attached hydrogens (tertiary/aromatic N) is 3. The normalized spacial score (nSPS) is 11.1. The van der Waals surface area contributed by atoms with Gasteiger partial charge in [-0.05, 0) is 54.4 Å². The highest BCUT2D eigenvalue weighted by Crippen LogP contribution is 2.19. The van der Waals surface area contributed by atoms with E-state index in [1.165, 1.54) is 0 Å². The van der Waals surface area contributed by atoms with Gasteiger partial charge in [-0.25, -0.2) is 0 Å². The zero-order valence-electron chi connectivity index (χ0n) is 20.0. The molecule has 4 aromatic rings. The van der Waals surface area contributed by atoms with Crippen LogP contribution in [0.2, 0.25) is 0 Å². The molecule has 0 radical (unpaired) electrons. The first kappa shape index (κ1) is 23.3. The van der Waals surface area contributed by atoms with Crippen molar-refractivity contribution < 1.29 is 9.59 Å². The number of aryl methyl sites for hydroxylation is 1. The number of aromatic nitrogens is 1. The molecule has 0 saturated heterocycles. The quantitative estimate of drug-likeness (QED) is 0.365. The van der Waals surface area contributed by atoms with Crippen LogP contribution in [0.15, 0.2) is 91.1 Å².